The Morgan fingerprint density at radius 2 is 1.88 bits per heavy atom. The minimum Gasteiger partial charge on any atom is -0.393 e. The van der Waals surface area contributed by atoms with E-state index in [0.29, 0.717) is 31.7 Å². The van der Waals surface area contributed by atoms with Crippen molar-refractivity contribution in [2.24, 2.45) is 0 Å². The lowest BCUT2D eigenvalue weighted by atomic mass is 10.1. The first kappa shape index (κ1) is 21.4. The highest BCUT2D eigenvalue weighted by atomic mass is 19.4. The largest absolute Gasteiger partial charge is 0.416 e. The molecule has 0 atom stereocenters. The van der Waals surface area contributed by atoms with Crippen molar-refractivity contribution >= 4 is 29.1 Å². The third kappa shape index (κ3) is 4.70. The van der Waals surface area contributed by atoms with Crippen molar-refractivity contribution in [3.63, 3.8) is 0 Å². The zero-order valence-corrected chi connectivity index (χ0v) is 17.5. The van der Waals surface area contributed by atoms with Crippen molar-refractivity contribution in [3.8, 4) is 0 Å². The molecule has 1 aliphatic carbocycles. The van der Waals surface area contributed by atoms with Crippen molar-refractivity contribution in [2.75, 3.05) is 28.6 Å². The van der Waals surface area contributed by atoms with E-state index in [-0.39, 0.29) is 35.1 Å². The molecule has 3 aromatic rings. The van der Waals surface area contributed by atoms with Crippen molar-refractivity contribution in [2.45, 2.75) is 44.0 Å². The van der Waals surface area contributed by atoms with Crippen molar-refractivity contribution < 1.29 is 23.1 Å². The maximum absolute atomic E-state index is 13.3. The highest BCUT2D eigenvalue weighted by Crippen LogP contribution is 2.33. The highest BCUT2D eigenvalue weighted by molar-refractivity contribution is 6.03. The average Bonchev–Trinajstić information content (AvgIpc) is 3.50. The number of hydrogen-bond acceptors (Lipinski definition) is 7. The molecule has 33 heavy (non-hydrogen) atoms. The van der Waals surface area contributed by atoms with Gasteiger partial charge in [0.05, 0.1) is 17.2 Å². The molecule has 9 nitrogen and oxygen atoms in total. The van der Waals surface area contributed by atoms with Crippen LogP contribution in [0.5, 0.6) is 0 Å². The second kappa shape index (κ2) is 8.18. The van der Waals surface area contributed by atoms with Gasteiger partial charge in [-0.3, -0.25) is 10.1 Å². The number of fused-ring (bicyclic) bond motifs is 1. The lowest BCUT2D eigenvalue weighted by molar-refractivity contribution is -0.137. The summed E-state index contributed by atoms with van der Waals surface area (Å²) in [5, 5.41) is 19.4. The number of carbonyl (C=O) groups is 1. The van der Waals surface area contributed by atoms with Gasteiger partial charge in [-0.15, -0.1) is 5.10 Å². The lowest BCUT2D eigenvalue weighted by Gasteiger charge is -2.30. The smallest absolute Gasteiger partial charge is 0.393 e. The number of rotatable bonds is 5. The molecule has 5 rings (SSSR count). The lowest BCUT2D eigenvalue weighted by Crippen LogP contribution is -2.36. The third-order valence-corrected chi connectivity index (χ3v) is 5.72. The molecular weight excluding hydrogens is 439 g/mol. The molecule has 0 radical (unpaired) electrons. The molecule has 0 aromatic carbocycles. The Hall–Kier alpha value is -3.41. The van der Waals surface area contributed by atoms with Gasteiger partial charge in [0.1, 0.15) is 11.6 Å². The van der Waals surface area contributed by atoms with E-state index in [1.165, 1.54) is 10.7 Å². The molecule has 12 heteroatoms. The van der Waals surface area contributed by atoms with E-state index in [0.717, 1.165) is 25.0 Å². The van der Waals surface area contributed by atoms with E-state index in [9.17, 15) is 23.1 Å². The number of amides is 1. The molecule has 2 aliphatic rings. The Bertz CT molecular complexity index is 1170. The highest BCUT2D eigenvalue weighted by Gasteiger charge is 2.33. The molecule has 1 saturated carbocycles. The van der Waals surface area contributed by atoms with Gasteiger partial charge >= 0.3 is 6.18 Å². The SMILES string of the molecule is O=C(Nc1nc2cc(C(F)(F)F)cc(NC3CC3)n2n1)c1ccc(N2CCC(O)CC2)nc1. The van der Waals surface area contributed by atoms with Gasteiger partial charge in [0.25, 0.3) is 5.91 Å². The molecule has 2 fully saturated rings. The zero-order valence-electron chi connectivity index (χ0n) is 17.5. The molecule has 1 saturated heterocycles. The van der Waals surface area contributed by atoms with E-state index >= 15 is 0 Å². The van der Waals surface area contributed by atoms with Gasteiger partial charge in [-0.05, 0) is 49.9 Å². The van der Waals surface area contributed by atoms with E-state index in [1.807, 2.05) is 4.90 Å². The summed E-state index contributed by atoms with van der Waals surface area (Å²) in [4.78, 5) is 23.1. The maximum atomic E-state index is 13.3. The Morgan fingerprint density at radius 1 is 1.12 bits per heavy atom. The fourth-order valence-corrected chi connectivity index (χ4v) is 3.72. The summed E-state index contributed by atoms with van der Waals surface area (Å²) < 4.78 is 41.1. The van der Waals surface area contributed by atoms with Crippen LogP contribution >= 0.6 is 0 Å². The molecular formula is C21H22F3N7O2. The van der Waals surface area contributed by atoms with E-state index in [4.69, 9.17) is 0 Å². The summed E-state index contributed by atoms with van der Waals surface area (Å²) in [6.45, 7) is 1.37. The van der Waals surface area contributed by atoms with Crippen LogP contribution in [0.25, 0.3) is 5.65 Å². The first-order valence-corrected chi connectivity index (χ1v) is 10.7. The number of aliphatic hydroxyl groups excluding tert-OH is 1. The summed E-state index contributed by atoms with van der Waals surface area (Å²) in [5.74, 6) is 0.256. The fourth-order valence-electron chi connectivity index (χ4n) is 3.72. The summed E-state index contributed by atoms with van der Waals surface area (Å²) in [6, 6.07) is 5.32. The van der Waals surface area contributed by atoms with Crippen molar-refractivity contribution in [1.29, 1.82) is 0 Å². The van der Waals surface area contributed by atoms with E-state index in [1.54, 1.807) is 12.1 Å². The molecule has 174 valence electrons. The second-order valence-electron chi connectivity index (χ2n) is 8.33. The molecule has 0 unspecified atom stereocenters. The van der Waals surface area contributed by atoms with Gasteiger partial charge in [0.15, 0.2) is 5.65 Å². The number of piperidine rings is 1. The van der Waals surface area contributed by atoms with Gasteiger partial charge in [-0.25, -0.2) is 4.98 Å². The number of alkyl halides is 3. The van der Waals surface area contributed by atoms with Crippen LogP contribution in [0.15, 0.2) is 30.5 Å². The van der Waals surface area contributed by atoms with Crippen molar-refractivity contribution in [1.82, 2.24) is 19.6 Å². The number of pyridine rings is 2. The molecule has 4 heterocycles. The molecule has 0 bridgehead atoms. The van der Waals surface area contributed by atoms with Crippen LogP contribution in [0, 0.1) is 0 Å². The fraction of sp³-hybridized carbons (Fsp3) is 0.429. The zero-order chi connectivity index (χ0) is 23.2. The van der Waals surface area contributed by atoms with Gasteiger partial charge in [-0.1, -0.05) is 0 Å². The van der Waals surface area contributed by atoms with Gasteiger partial charge in [0.2, 0.25) is 5.95 Å². The Morgan fingerprint density at radius 3 is 2.52 bits per heavy atom. The summed E-state index contributed by atoms with van der Waals surface area (Å²) >= 11 is 0. The Labute approximate surface area is 186 Å². The van der Waals surface area contributed by atoms with Gasteiger partial charge in [-0.2, -0.15) is 22.7 Å². The van der Waals surface area contributed by atoms with Crippen LogP contribution in [0.3, 0.4) is 0 Å². The predicted molar refractivity (Wildman–Crippen MR) is 114 cm³/mol. The van der Waals surface area contributed by atoms with Crippen LogP contribution < -0.4 is 15.5 Å². The van der Waals surface area contributed by atoms with Gasteiger partial charge in [0, 0.05) is 25.3 Å². The summed E-state index contributed by atoms with van der Waals surface area (Å²) in [5.41, 5.74) is -0.598. The second-order valence-corrected chi connectivity index (χ2v) is 8.33. The molecule has 3 N–H and O–H groups in total. The molecule has 1 amide bonds. The Kier molecular flexibility index (Phi) is 5.31. The molecule has 0 spiro atoms. The number of aliphatic hydroxyl groups is 1. The van der Waals surface area contributed by atoms with Crippen LogP contribution in [0.1, 0.15) is 41.6 Å². The first-order valence-electron chi connectivity index (χ1n) is 10.7. The number of aromatic nitrogens is 4. The minimum absolute atomic E-state index is 0.0240. The van der Waals surface area contributed by atoms with Crippen LogP contribution in [-0.2, 0) is 6.18 Å². The molecule has 3 aromatic heterocycles. The summed E-state index contributed by atoms with van der Waals surface area (Å²) in [7, 11) is 0. The van der Waals surface area contributed by atoms with E-state index < -0.39 is 17.6 Å². The molecule has 1 aliphatic heterocycles. The van der Waals surface area contributed by atoms with Crippen LogP contribution in [0.4, 0.5) is 30.8 Å². The van der Waals surface area contributed by atoms with Crippen LogP contribution in [-0.4, -0.2) is 55.8 Å². The average molecular weight is 461 g/mol. The maximum Gasteiger partial charge on any atom is 0.416 e. The number of halogens is 3. The normalized spacial score (nSPS) is 17.4. The minimum atomic E-state index is -4.53. The number of nitrogens with one attached hydrogen (secondary N) is 2. The number of carbonyl (C=O) groups excluding carboxylic acids is 1. The number of hydrogen-bond donors (Lipinski definition) is 3. The Balaban J connectivity index is 1.34. The van der Waals surface area contributed by atoms with Crippen molar-refractivity contribution in [3.05, 3.63) is 41.6 Å². The predicted octanol–water partition coefficient (Wildman–Crippen LogP) is 2.93. The number of anilines is 3. The summed E-state index contributed by atoms with van der Waals surface area (Å²) in [6.07, 6.45) is -0.330. The van der Waals surface area contributed by atoms with E-state index in [2.05, 4.69) is 25.7 Å². The topological polar surface area (TPSA) is 108 Å². The third-order valence-electron chi connectivity index (χ3n) is 5.72. The quantitative estimate of drug-likeness (QED) is 0.536. The van der Waals surface area contributed by atoms with Gasteiger partial charge < -0.3 is 15.3 Å². The first-order chi connectivity index (χ1) is 15.8. The van der Waals surface area contributed by atoms with Crippen LogP contribution in [0.2, 0.25) is 0 Å². The monoisotopic (exact) mass is 461 g/mol. The number of nitrogens with zero attached hydrogens (tertiary/aromatic N) is 5. The standard InChI is InChI=1S/C21H22F3N7O2/c22-21(23,24)13-9-17(26-14-2-3-14)31-18(10-13)27-20(29-31)28-19(33)12-1-4-16(25-11-12)30-7-5-15(32)6-8-30/h1,4,9-11,14-15,26,32H,2-3,5-8H2,(H,28,29,33).